The van der Waals surface area contributed by atoms with Gasteiger partial charge in [0.05, 0.1) is 0 Å². The molecule has 0 bridgehead atoms. The van der Waals surface area contributed by atoms with E-state index in [1.165, 1.54) is 23.1 Å². The Labute approximate surface area is 101 Å². The monoisotopic (exact) mass is 269 g/mol. The summed E-state index contributed by atoms with van der Waals surface area (Å²) in [5.41, 5.74) is 4.13. The van der Waals surface area contributed by atoms with Gasteiger partial charge in [0.1, 0.15) is 0 Å². The van der Waals surface area contributed by atoms with E-state index in [2.05, 4.69) is 60.2 Å². The van der Waals surface area contributed by atoms with Gasteiger partial charge in [0.2, 0.25) is 0 Å². The number of rotatable bonds is 5. The Balaban J connectivity index is 2.53. The van der Waals surface area contributed by atoms with E-state index in [0.717, 1.165) is 11.9 Å². The van der Waals surface area contributed by atoms with Gasteiger partial charge in [-0.05, 0) is 38.3 Å². The van der Waals surface area contributed by atoms with Crippen molar-refractivity contribution in [2.24, 2.45) is 0 Å². The summed E-state index contributed by atoms with van der Waals surface area (Å²) in [7, 11) is 0. The maximum Gasteiger partial charge on any atom is 0.0210 e. The van der Waals surface area contributed by atoms with Crippen LogP contribution in [0.3, 0.4) is 0 Å². The van der Waals surface area contributed by atoms with Gasteiger partial charge in [0.15, 0.2) is 0 Å². The molecule has 1 aromatic carbocycles. The third-order valence-corrected chi connectivity index (χ3v) is 3.15. The van der Waals surface area contributed by atoms with Crippen molar-refractivity contribution >= 4 is 15.9 Å². The fourth-order valence-electron chi connectivity index (χ4n) is 1.54. The summed E-state index contributed by atoms with van der Waals surface area (Å²) in [6.45, 7) is 7.52. The first kappa shape index (κ1) is 12.7. The zero-order valence-electron chi connectivity index (χ0n) is 9.81. The van der Waals surface area contributed by atoms with Gasteiger partial charge in [-0.15, -0.1) is 0 Å². The summed E-state index contributed by atoms with van der Waals surface area (Å²) in [6, 6.07) is 7.20. The lowest BCUT2D eigenvalue weighted by Gasteiger charge is -2.14. The first-order valence-electron chi connectivity index (χ1n) is 5.49. The lowest BCUT2D eigenvalue weighted by atomic mass is 10.1. The van der Waals surface area contributed by atoms with Crippen molar-refractivity contribution in [3.05, 3.63) is 34.9 Å². The van der Waals surface area contributed by atoms with E-state index < -0.39 is 0 Å². The molecule has 0 fully saturated rings. The Morgan fingerprint density at radius 1 is 1.33 bits per heavy atom. The number of halogens is 1. The zero-order chi connectivity index (χ0) is 11.3. The first-order valence-corrected chi connectivity index (χ1v) is 6.61. The molecule has 84 valence electrons. The molecule has 0 saturated heterocycles. The third-order valence-electron chi connectivity index (χ3n) is 2.69. The van der Waals surface area contributed by atoms with Gasteiger partial charge < -0.3 is 5.32 Å². The third kappa shape index (κ3) is 4.35. The van der Waals surface area contributed by atoms with Crippen LogP contribution >= 0.6 is 15.9 Å². The molecule has 0 aromatic heterocycles. The molecule has 1 aromatic rings. The molecule has 0 radical (unpaired) electrons. The molecule has 1 N–H and O–H groups in total. The number of benzene rings is 1. The van der Waals surface area contributed by atoms with Crippen LogP contribution in [0.15, 0.2) is 18.2 Å². The number of hydrogen-bond acceptors (Lipinski definition) is 1. The van der Waals surface area contributed by atoms with Crippen molar-refractivity contribution in [1.29, 1.82) is 0 Å². The molecule has 0 saturated carbocycles. The fraction of sp³-hybridized carbons (Fsp3) is 0.538. The predicted molar refractivity (Wildman–Crippen MR) is 70.6 cm³/mol. The SMILES string of the molecule is Cc1ccc(C)c(CNC(C)CCBr)c1. The van der Waals surface area contributed by atoms with Crippen LogP contribution in [-0.2, 0) is 6.54 Å². The molecule has 1 nitrogen and oxygen atoms in total. The van der Waals surface area contributed by atoms with Gasteiger partial charge in [-0.3, -0.25) is 0 Å². The van der Waals surface area contributed by atoms with Crippen LogP contribution < -0.4 is 5.32 Å². The quantitative estimate of drug-likeness (QED) is 0.806. The van der Waals surface area contributed by atoms with Crippen LogP contribution in [0.5, 0.6) is 0 Å². The fourth-order valence-corrected chi connectivity index (χ4v) is 2.23. The van der Waals surface area contributed by atoms with E-state index in [-0.39, 0.29) is 0 Å². The Hall–Kier alpha value is -0.340. The van der Waals surface area contributed by atoms with Gasteiger partial charge in [0.25, 0.3) is 0 Å². The zero-order valence-corrected chi connectivity index (χ0v) is 11.4. The molecule has 1 unspecified atom stereocenters. The summed E-state index contributed by atoms with van der Waals surface area (Å²) in [4.78, 5) is 0. The minimum absolute atomic E-state index is 0.573. The molecule has 0 aliphatic heterocycles. The summed E-state index contributed by atoms with van der Waals surface area (Å²) >= 11 is 3.46. The van der Waals surface area contributed by atoms with Crippen LogP contribution in [-0.4, -0.2) is 11.4 Å². The Morgan fingerprint density at radius 3 is 2.73 bits per heavy atom. The molecule has 0 spiro atoms. The number of hydrogen-bond donors (Lipinski definition) is 1. The Bertz CT molecular complexity index is 309. The molecule has 2 heteroatoms. The first-order chi connectivity index (χ1) is 7.13. The molecule has 1 atom stereocenters. The minimum atomic E-state index is 0.573. The van der Waals surface area contributed by atoms with Crippen LogP contribution in [0.2, 0.25) is 0 Å². The average molecular weight is 270 g/mol. The molecule has 0 heterocycles. The molecule has 0 amide bonds. The second kappa shape index (κ2) is 6.29. The summed E-state index contributed by atoms with van der Waals surface area (Å²) in [5, 5.41) is 4.60. The highest BCUT2D eigenvalue weighted by molar-refractivity contribution is 9.09. The lowest BCUT2D eigenvalue weighted by Crippen LogP contribution is -2.26. The van der Waals surface area contributed by atoms with E-state index in [1.807, 2.05) is 0 Å². The predicted octanol–water partition coefficient (Wildman–Crippen LogP) is 3.57. The number of nitrogens with one attached hydrogen (secondary N) is 1. The molecule has 0 aliphatic rings. The van der Waals surface area contributed by atoms with Crippen LogP contribution in [0.25, 0.3) is 0 Å². The summed E-state index contributed by atoms with van der Waals surface area (Å²) in [6.07, 6.45) is 1.17. The highest BCUT2D eigenvalue weighted by atomic mass is 79.9. The number of aryl methyl sites for hydroxylation is 2. The Morgan fingerprint density at radius 2 is 2.07 bits per heavy atom. The van der Waals surface area contributed by atoms with Crippen molar-refractivity contribution in [2.75, 3.05) is 5.33 Å². The van der Waals surface area contributed by atoms with Crippen LogP contribution in [0.4, 0.5) is 0 Å². The van der Waals surface area contributed by atoms with E-state index in [4.69, 9.17) is 0 Å². The standard InChI is InChI=1S/C13H20BrN/c1-10-4-5-11(2)13(8-10)9-15-12(3)6-7-14/h4-5,8,12,15H,6-7,9H2,1-3H3. The number of alkyl halides is 1. The van der Waals surface area contributed by atoms with Crippen molar-refractivity contribution < 1.29 is 0 Å². The van der Waals surface area contributed by atoms with Gasteiger partial charge >= 0.3 is 0 Å². The normalized spacial score (nSPS) is 12.8. The van der Waals surface area contributed by atoms with Crippen molar-refractivity contribution in [2.45, 2.75) is 39.8 Å². The molecular weight excluding hydrogens is 250 g/mol. The van der Waals surface area contributed by atoms with E-state index in [9.17, 15) is 0 Å². The van der Waals surface area contributed by atoms with Gasteiger partial charge in [0, 0.05) is 17.9 Å². The molecule has 1 rings (SSSR count). The lowest BCUT2D eigenvalue weighted by molar-refractivity contribution is 0.537. The second-order valence-electron chi connectivity index (χ2n) is 4.19. The highest BCUT2D eigenvalue weighted by Crippen LogP contribution is 2.10. The average Bonchev–Trinajstić information content (AvgIpc) is 2.20. The van der Waals surface area contributed by atoms with Crippen LogP contribution in [0.1, 0.15) is 30.0 Å². The van der Waals surface area contributed by atoms with E-state index in [0.29, 0.717) is 6.04 Å². The maximum atomic E-state index is 3.54. The van der Waals surface area contributed by atoms with Gasteiger partial charge in [-0.2, -0.15) is 0 Å². The largest absolute Gasteiger partial charge is 0.310 e. The minimum Gasteiger partial charge on any atom is -0.310 e. The maximum absolute atomic E-state index is 3.54. The van der Waals surface area contributed by atoms with E-state index in [1.54, 1.807) is 0 Å². The molecule has 15 heavy (non-hydrogen) atoms. The van der Waals surface area contributed by atoms with Crippen molar-refractivity contribution in [1.82, 2.24) is 5.32 Å². The van der Waals surface area contributed by atoms with Crippen LogP contribution in [0, 0.1) is 13.8 Å². The highest BCUT2D eigenvalue weighted by Gasteiger charge is 2.02. The topological polar surface area (TPSA) is 12.0 Å². The molecular formula is C13H20BrN. The smallest absolute Gasteiger partial charge is 0.0210 e. The Kier molecular flexibility index (Phi) is 5.34. The summed E-state index contributed by atoms with van der Waals surface area (Å²) < 4.78 is 0. The second-order valence-corrected chi connectivity index (χ2v) is 4.98. The van der Waals surface area contributed by atoms with Crippen molar-refractivity contribution in [3.63, 3.8) is 0 Å². The van der Waals surface area contributed by atoms with Crippen molar-refractivity contribution in [3.8, 4) is 0 Å². The van der Waals surface area contributed by atoms with Gasteiger partial charge in [-0.25, -0.2) is 0 Å². The summed E-state index contributed by atoms with van der Waals surface area (Å²) in [5.74, 6) is 0. The van der Waals surface area contributed by atoms with E-state index >= 15 is 0 Å². The molecule has 0 aliphatic carbocycles. The van der Waals surface area contributed by atoms with Gasteiger partial charge in [-0.1, -0.05) is 39.7 Å².